The van der Waals surface area contributed by atoms with Crippen molar-refractivity contribution in [3.05, 3.63) is 45.9 Å². The van der Waals surface area contributed by atoms with Gasteiger partial charge in [-0.05, 0) is 31.5 Å². The zero-order valence-electron chi connectivity index (χ0n) is 12.8. The van der Waals surface area contributed by atoms with Crippen molar-refractivity contribution in [1.29, 1.82) is 0 Å². The Morgan fingerprint density at radius 1 is 1.29 bits per heavy atom. The second-order valence-corrected chi connectivity index (χ2v) is 5.60. The first-order valence-electron chi connectivity index (χ1n) is 7.11. The van der Waals surface area contributed by atoms with Crippen LogP contribution in [0.25, 0.3) is 0 Å². The van der Waals surface area contributed by atoms with Crippen molar-refractivity contribution in [3.63, 3.8) is 0 Å². The summed E-state index contributed by atoms with van der Waals surface area (Å²) < 4.78 is 10.6. The van der Waals surface area contributed by atoms with Crippen LogP contribution < -0.4 is 10.1 Å². The van der Waals surface area contributed by atoms with E-state index in [4.69, 9.17) is 9.47 Å². The van der Waals surface area contributed by atoms with Crippen molar-refractivity contribution in [1.82, 2.24) is 10.3 Å². The lowest BCUT2D eigenvalue weighted by atomic mass is 10.1. The number of benzene rings is 1. The minimum Gasteiger partial charge on any atom is -0.494 e. The summed E-state index contributed by atoms with van der Waals surface area (Å²) in [5, 5.41) is 6.66. The molecule has 1 heterocycles. The number of nitrogens with one attached hydrogen (secondary N) is 1. The number of methoxy groups -OCH3 is 1. The molecule has 0 aliphatic carbocycles. The van der Waals surface area contributed by atoms with Gasteiger partial charge in [0.15, 0.2) is 0 Å². The Hall–Kier alpha value is -1.43. The van der Waals surface area contributed by atoms with Crippen molar-refractivity contribution < 1.29 is 9.47 Å². The number of ether oxygens (including phenoxy) is 2. The molecule has 0 spiro atoms. The summed E-state index contributed by atoms with van der Waals surface area (Å²) in [4.78, 5) is 4.61. The van der Waals surface area contributed by atoms with Gasteiger partial charge in [-0.3, -0.25) is 0 Å². The first-order valence-corrected chi connectivity index (χ1v) is 7.99. The van der Waals surface area contributed by atoms with Crippen LogP contribution in [0.5, 0.6) is 5.75 Å². The van der Waals surface area contributed by atoms with E-state index >= 15 is 0 Å². The molecule has 1 N–H and O–H groups in total. The second kappa shape index (κ2) is 8.12. The van der Waals surface area contributed by atoms with E-state index in [1.807, 2.05) is 26.0 Å². The van der Waals surface area contributed by atoms with Crippen LogP contribution >= 0.6 is 11.3 Å². The maximum absolute atomic E-state index is 5.50. The molecule has 2 rings (SSSR count). The van der Waals surface area contributed by atoms with Gasteiger partial charge in [0.1, 0.15) is 10.8 Å². The monoisotopic (exact) mass is 306 g/mol. The summed E-state index contributed by atoms with van der Waals surface area (Å²) >= 11 is 1.68. The van der Waals surface area contributed by atoms with Crippen molar-refractivity contribution in [2.24, 2.45) is 0 Å². The Kier molecular flexibility index (Phi) is 6.17. The number of aryl methyl sites for hydroxylation is 1. The summed E-state index contributed by atoms with van der Waals surface area (Å²) in [5.41, 5.74) is 2.24. The number of rotatable bonds is 8. The average Bonchev–Trinajstić information content (AvgIpc) is 2.91. The van der Waals surface area contributed by atoms with Gasteiger partial charge in [0, 0.05) is 24.7 Å². The van der Waals surface area contributed by atoms with Gasteiger partial charge >= 0.3 is 0 Å². The van der Waals surface area contributed by atoms with Gasteiger partial charge in [0.05, 0.1) is 19.3 Å². The second-order valence-electron chi connectivity index (χ2n) is 4.71. The molecule has 1 aromatic heterocycles. The molecule has 1 atom stereocenters. The highest BCUT2D eigenvalue weighted by atomic mass is 32.1. The lowest BCUT2D eigenvalue weighted by Gasteiger charge is -2.17. The maximum atomic E-state index is 5.50. The molecule has 5 heteroatoms. The molecule has 0 saturated carbocycles. The molecule has 1 unspecified atom stereocenters. The number of thiazole rings is 1. The molecule has 0 saturated heterocycles. The molecule has 0 amide bonds. The van der Waals surface area contributed by atoms with Crippen molar-refractivity contribution in [2.45, 2.75) is 19.9 Å². The van der Waals surface area contributed by atoms with Gasteiger partial charge < -0.3 is 14.8 Å². The van der Waals surface area contributed by atoms with E-state index in [0.29, 0.717) is 13.2 Å². The van der Waals surface area contributed by atoms with E-state index in [0.717, 1.165) is 23.0 Å². The molecule has 0 aliphatic rings. The highest BCUT2D eigenvalue weighted by molar-refractivity contribution is 7.09. The van der Waals surface area contributed by atoms with Gasteiger partial charge in [-0.1, -0.05) is 12.1 Å². The van der Waals surface area contributed by atoms with Crippen molar-refractivity contribution in [3.8, 4) is 5.75 Å². The molecule has 114 valence electrons. The molecule has 4 nitrogen and oxygen atoms in total. The van der Waals surface area contributed by atoms with E-state index in [2.05, 4.69) is 27.8 Å². The Labute approximate surface area is 130 Å². The maximum Gasteiger partial charge on any atom is 0.119 e. The quantitative estimate of drug-likeness (QED) is 0.761. The topological polar surface area (TPSA) is 43.4 Å². The molecule has 0 fully saturated rings. The van der Waals surface area contributed by atoms with Gasteiger partial charge in [-0.15, -0.1) is 11.3 Å². The van der Waals surface area contributed by atoms with E-state index in [1.54, 1.807) is 18.4 Å². The minimum atomic E-state index is 0.0922. The summed E-state index contributed by atoms with van der Waals surface area (Å²) in [5.74, 6) is 0.896. The molecular formula is C16H22N2O2S. The standard InChI is InChI=1S/C16H22N2O2S/c1-4-20-14-7-5-13(6-8-14)15(17-9-10-19-3)16-18-12(2)11-21-16/h5-8,11,15,17H,4,9-10H2,1-3H3. The number of aromatic nitrogens is 1. The zero-order chi connectivity index (χ0) is 15.1. The lowest BCUT2D eigenvalue weighted by molar-refractivity contribution is 0.197. The van der Waals surface area contributed by atoms with Crippen LogP contribution in [-0.4, -0.2) is 31.9 Å². The Bertz CT molecular complexity index is 539. The van der Waals surface area contributed by atoms with Crippen LogP contribution in [0, 0.1) is 6.92 Å². The van der Waals surface area contributed by atoms with Crippen LogP contribution in [-0.2, 0) is 4.74 Å². The first-order chi connectivity index (χ1) is 10.2. The van der Waals surface area contributed by atoms with Crippen LogP contribution in [0.2, 0.25) is 0 Å². The number of hydrogen-bond donors (Lipinski definition) is 1. The molecular weight excluding hydrogens is 284 g/mol. The minimum absolute atomic E-state index is 0.0922. The molecule has 2 aromatic rings. The largest absolute Gasteiger partial charge is 0.494 e. The molecule has 1 aromatic carbocycles. The normalized spacial score (nSPS) is 12.3. The molecule has 0 bridgehead atoms. The first kappa shape index (κ1) is 15.9. The van der Waals surface area contributed by atoms with Gasteiger partial charge in [0.2, 0.25) is 0 Å². The third-order valence-corrected chi connectivity index (χ3v) is 4.09. The Morgan fingerprint density at radius 3 is 2.62 bits per heavy atom. The molecule has 21 heavy (non-hydrogen) atoms. The van der Waals surface area contributed by atoms with E-state index in [9.17, 15) is 0 Å². The summed E-state index contributed by atoms with van der Waals surface area (Å²) in [6.07, 6.45) is 0. The Balaban J connectivity index is 2.17. The summed E-state index contributed by atoms with van der Waals surface area (Å²) in [7, 11) is 1.71. The van der Waals surface area contributed by atoms with E-state index in [-0.39, 0.29) is 6.04 Å². The summed E-state index contributed by atoms with van der Waals surface area (Å²) in [6.45, 7) is 6.15. The Morgan fingerprint density at radius 2 is 2.05 bits per heavy atom. The van der Waals surface area contributed by atoms with Gasteiger partial charge in [-0.25, -0.2) is 4.98 Å². The van der Waals surface area contributed by atoms with Gasteiger partial charge in [0.25, 0.3) is 0 Å². The summed E-state index contributed by atoms with van der Waals surface area (Å²) in [6, 6.07) is 8.28. The predicted molar refractivity (Wildman–Crippen MR) is 86.2 cm³/mol. The molecule has 0 radical (unpaired) electrons. The fraction of sp³-hybridized carbons (Fsp3) is 0.438. The molecule has 0 aliphatic heterocycles. The number of hydrogen-bond acceptors (Lipinski definition) is 5. The SMILES string of the molecule is CCOc1ccc(C(NCCOC)c2nc(C)cs2)cc1. The smallest absolute Gasteiger partial charge is 0.119 e. The lowest BCUT2D eigenvalue weighted by Crippen LogP contribution is -2.26. The van der Waals surface area contributed by atoms with E-state index < -0.39 is 0 Å². The van der Waals surface area contributed by atoms with E-state index in [1.165, 1.54) is 5.56 Å². The van der Waals surface area contributed by atoms with Crippen molar-refractivity contribution in [2.75, 3.05) is 26.9 Å². The fourth-order valence-electron chi connectivity index (χ4n) is 2.08. The van der Waals surface area contributed by atoms with Crippen molar-refractivity contribution >= 4 is 11.3 Å². The van der Waals surface area contributed by atoms with Gasteiger partial charge in [-0.2, -0.15) is 0 Å². The van der Waals surface area contributed by atoms with Crippen LogP contribution in [0.1, 0.15) is 29.2 Å². The average molecular weight is 306 g/mol. The highest BCUT2D eigenvalue weighted by Gasteiger charge is 2.16. The third-order valence-electron chi connectivity index (χ3n) is 3.06. The zero-order valence-corrected chi connectivity index (χ0v) is 13.6. The number of nitrogens with zero attached hydrogens (tertiary/aromatic N) is 1. The third kappa shape index (κ3) is 4.52. The van der Waals surface area contributed by atoms with Crippen LogP contribution in [0.15, 0.2) is 29.6 Å². The fourth-order valence-corrected chi connectivity index (χ4v) is 2.98. The predicted octanol–water partition coefficient (Wildman–Crippen LogP) is 3.18. The van der Waals surface area contributed by atoms with Crippen LogP contribution in [0.4, 0.5) is 0 Å². The van der Waals surface area contributed by atoms with Crippen LogP contribution in [0.3, 0.4) is 0 Å². The highest BCUT2D eigenvalue weighted by Crippen LogP contribution is 2.26.